The van der Waals surface area contributed by atoms with E-state index >= 15 is 0 Å². The van der Waals surface area contributed by atoms with E-state index in [1.807, 2.05) is 12.1 Å². The minimum atomic E-state index is -4.32. The molecular formula is C17H17F3N6O. The monoisotopic (exact) mass is 378 g/mol. The van der Waals surface area contributed by atoms with E-state index in [4.69, 9.17) is 0 Å². The molecule has 3 aromatic heterocycles. The molecule has 1 unspecified atom stereocenters. The third-order valence-electron chi connectivity index (χ3n) is 4.68. The normalized spacial score (nSPS) is 17.7. The van der Waals surface area contributed by atoms with Crippen molar-refractivity contribution in [3.63, 3.8) is 0 Å². The van der Waals surface area contributed by atoms with Gasteiger partial charge in [0, 0.05) is 43.3 Å². The number of carbonyl (C=O) groups is 1. The molecular weight excluding hydrogens is 361 g/mol. The van der Waals surface area contributed by atoms with Gasteiger partial charge in [0.2, 0.25) is 5.91 Å². The predicted octanol–water partition coefficient (Wildman–Crippen LogP) is 2.54. The van der Waals surface area contributed by atoms with Crippen LogP contribution in [0, 0.1) is 0 Å². The molecule has 142 valence electrons. The SMILES string of the molecule is O=C(CCC(F)(F)F)NC1CCN(c2ccnc3nnc4[nH]ccc4c23)C1. The number of carbonyl (C=O) groups excluding carboxylic acids is 1. The Hall–Kier alpha value is -2.91. The van der Waals surface area contributed by atoms with Gasteiger partial charge in [-0.3, -0.25) is 4.79 Å². The molecule has 0 aromatic carbocycles. The zero-order chi connectivity index (χ0) is 19.0. The minimum Gasteiger partial charge on any atom is -0.369 e. The van der Waals surface area contributed by atoms with Gasteiger partial charge in [0.1, 0.15) is 0 Å². The van der Waals surface area contributed by atoms with Gasteiger partial charge in [-0.2, -0.15) is 13.2 Å². The van der Waals surface area contributed by atoms with Crippen LogP contribution in [0.15, 0.2) is 24.5 Å². The molecule has 4 heterocycles. The number of rotatable bonds is 4. The van der Waals surface area contributed by atoms with E-state index in [2.05, 4.69) is 30.4 Å². The first-order valence-electron chi connectivity index (χ1n) is 8.60. The Morgan fingerprint density at radius 1 is 1.33 bits per heavy atom. The van der Waals surface area contributed by atoms with Crippen LogP contribution in [0.5, 0.6) is 0 Å². The lowest BCUT2D eigenvalue weighted by atomic mass is 10.2. The molecule has 4 rings (SSSR count). The van der Waals surface area contributed by atoms with Gasteiger partial charge in [-0.15, -0.1) is 10.2 Å². The Balaban J connectivity index is 1.51. The van der Waals surface area contributed by atoms with E-state index in [0.717, 1.165) is 16.5 Å². The number of halogens is 3. The molecule has 27 heavy (non-hydrogen) atoms. The maximum atomic E-state index is 12.3. The van der Waals surface area contributed by atoms with E-state index < -0.39 is 24.9 Å². The van der Waals surface area contributed by atoms with Crippen LogP contribution in [0.25, 0.3) is 22.1 Å². The lowest BCUT2D eigenvalue weighted by molar-refractivity contribution is -0.144. The zero-order valence-corrected chi connectivity index (χ0v) is 14.3. The molecule has 0 spiro atoms. The van der Waals surface area contributed by atoms with Crippen molar-refractivity contribution in [3.05, 3.63) is 24.5 Å². The van der Waals surface area contributed by atoms with Gasteiger partial charge in [-0.25, -0.2) is 4.98 Å². The number of pyridine rings is 1. The maximum absolute atomic E-state index is 12.3. The van der Waals surface area contributed by atoms with Crippen LogP contribution in [-0.4, -0.2) is 51.4 Å². The molecule has 1 amide bonds. The molecule has 1 atom stereocenters. The number of aromatic nitrogens is 4. The van der Waals surface area contributed by atoms with Gasteiger partial charge in [0.25, 0.3) is 0 Å². The molecule has 1 saturated heterocycles. The first-order valence-corrected chi connectivity index (χ1v) is 8.60. The minimum absolute atomic E-state index is 0.189. The van der Waals surface area contributed by atoms with Crippen molar-refractivity contribution < 1.29 is 18.0 Å². The Kier molecular flexibility index (Phi) is 4.33. The zero-order valence-electron chi connectivity index (χ0n) is 14.3. The first kappa shape index (κ1) is 17.5. The van der Waals surface area contributed by atoms with Crippen molar-refractivity contribution in [1.29, 1.82) is 0 Å². The number of nitrogens with zero attached hydrogens (tertiary/aromatic N) is 4. The van der Waals surface area contributed by atoms with Crippen LogP contribution in [-0.2, 0) is 4.79 Å². The van der Waals surface area contributed by atoms with E-state index in [9.17, 15) is 18.0 Å². The van der Waals surface area contributed by atoms with E-state index in [1.165, 1.54) is 0 Å². The molecule has 1 fully saturated rings. The summed E-state index contributed by atoms with van der Waals surface area (Å²) in [4.78, 5) is 21.2. The Labute approximate surface area is 152 Å². The average molecular weight is 378 g/mol. The van der Waals surface area contributed by atoms with Gasteiger partial charge < -0.3 is 15.2 Å². The fourth-order valence-corrected chi connectivity index (χ4v) is 3.43. The number of fused-ring (bicyclic) bond motifs is 3. The van der Waals surface area contributed by atoms with Gasteiger partial charge in [-0.05, 0) is 18.6 Å². The Bertz CT molecular complexity index is 986. The summed E-state index contributed by atoms with van der Waals surface area (Å²) in [7, 11) is 0. The molecule has 0 bridgehead atoms. The smallest absolute Gasteiger partial charge is 0.369 e. The number of hydrogen-bond acceptors (Lipinski definition) is 5. The van der Waals surface area contributed by atoms with Gasteiger partial charge in [0.05, 0.1) is 17.5 Å². The fourth-order valence-electron chi connectivity index (χ4n) is 3.43. The summed E-state index contributed by atoms with van der Waals surface area (Å²) in [5.41, 5.74) is 2.11. The number of H-pyrrole nitrogens is 1. The quantitative estimate of drug-likeness (QED) is 0.729. The van der Waals surface area contributed by atoms with Crippen LogP contribution >= 0.6 is 0 Å². The Morgan fingerprint density at radius 2 is 2.19 bits per heavy atom. The highest BCUT2D eigenvalue weighted by atomic mass is 19.4. The van der Waals surface area contributed by atoms with Crippen molar-refractivity contribution in [2.24, 2.45) is 0 Å². The van der Waals surface area contributed by atoms with Crippen molar-refractivity contribution in [3.8, 4) is 0 Å². The third-order valence-corrected chi connectivity index (χ3v) is 4.68. The topological polar surface area (TPSA) is 86.8 Å². The number of hydrogen-bond donors (Lipinski definition) is 2. The lowest BCUT2D eigenvalue weighted by Crippen LogP contribution is -2.37. The summed E-state index contributed by atoms with van der Waals surface area (Å²) in [5.74, 6) is -0.572. The van der Waals surface area contributed by atoms with E-state index in [0.29, 0.717) is 30.8 Å². The molecule has 3 aromatic rings. The molecule has 0 aliphatic carbocycles. The summed E-state index contributed by atoms with van der Waals surface area (Å²) in [5, 5.41) is 12.7. The van der Waals surface area contributed by atoms with Crippen molar-refractivity contribution in [2.45, 2.75) is 31.5 Å². The van der Waals surface area contributed by atoms with E-state index in [1.54, 1.807) is 12.4 Å². The molecule has 0 radical (unpaired) electrons. The van der Waals surface area contributed by atoms with Crippen LogP contribution in [0.3, 0.4) is 0 Å². The number of alkyl halides is 3. The Morgan fingerprint density at radius 3 is 3.00 bits per heavy atom. The van der Waals surface area contributed by atoms with Crippen LogP contribution in [0.4, 0.5) is 18.9 Å². The van der Waals surface area contributed by atoms with Gasteiger partial charge in [0.15, 0.2) is 11.3 Å². The molecule has 7 nitrogen and oxygen atoms in total. The molecule has 10 heteroatoms. The van der Waals surface area contributed by atoms with Crippen LogP contribution in [0.2, 0.25) is 0 Å². The largest absolute Gasteiger partial charge is 0.389 e. The summed E-state index contributed by atoms with van der Waals surface area (Å²) in [6.45, 7) is 1.20. The molecule has 1 aliphatic rings. The molecule has 1 aliphatic heterocycles. The van der Waals surface area contributed by atoms with Crippen molar-refractivity contribution >= 4 is 33.7 Å². The number of anilines is 1. The van der Waals surface area contributed by atoms with Crippen LogP contribution < -0.4 is 10.2 Å². The highest BCUT2D eigenvalue weighted by Crippen LogP contribution is 2.32. The standard InChI is InChI=1S/C17H17F3N6O/c18-17(19,20)5-1-13(27)23-10-4-8-26(9-10)12-3-7-22-16-14(12)11-2-6-21-15(11)24-25-16/h2-3,6-7,10H,1,4-5,8-9H2,(H,21,24)(H,23,27). The summed E-state index contributed by atoms with van der Waals surface area (Å²) < 4.78 is 36.8. The average Bonchev–Trinajstić information content (AvgIpc) is 3.28. The summed E-state index contributed by atoms with van der Waals surface area (Å²) in [6, 6.07) is 3.60. The molecule has 0 saturated carbocycles. The van der Waals surface area contributed by atoms with E-state index in [-0.39, 0.29) is 6.04 Å². The predicted molar refractivity (Wildman–Crippen MR) is 93.2 cm³/mol. The highest BCUT2D eigenvalue weighted by molar-refractivity contribution is 6.08. The number of aromatic amines is 1. The van der Waals surface area contributed by atoms with Gasteiger partial charge >= 0.3 is 6.18 Å². The lowest BCUT2D eigenvalue weighted by Gasteiger charge is -2.20. The van der Waals surface area contributed by atoms with Crippen LogP contribution in [0.1, 0.15) is 19.3 Å². The third kappa shape index (κ3) is 3.64. The fraction of sp³-hybridized carbons (Fsp3) is 0.412. The number of amides is 1. The van der Waals surface area contributed by atoms with Crippen molar-refractivity contribution in [2.75, 3.05) is 18.0 Å². The first-order chi connectivity index (χ1) is 12.9. The maximum Gasteiger partial charge on any atom is 0.389 e. The second-order valence-corrected chi connectivity index (χ2v) is 6.58. The summed E-state index contributed by atoms with van der Waals surface area (Å²) >= 11 is 0. The summed E-state index contributed by atoms with van der Waals surface area (Å²) in [6.07, 6.45) is -1.87. The second kappa shape index (κ2) is 6.67. The molecule has 2 N–H and O–H groups in total. The van der Waals surface area contributed by atoms with Gasteiger partial charge in [-0.1, -0.05) is 0 Å². The second-order valence-electron chi connectivity index (χ2n) is 6.58. The highest BCUT2D eigenvalue weighted by Gasteiger charge is 2.30. The van der Waals surface area contributed by atoms with Crippen molar-refractivity contribution in [1.82, 2.24) is 25.5 Å². The number of nitrogens with one attached hydrogen (secondary N) is 2.